The number of pyridine rings is 1. The zero-order valence-corrected chi connectivity index (χ0v) is 14.9. The minimum absolute atomic E-state index is 0.124. The smallest absolute Gasteiger partial charge is 0.223 e. The SMILES string of the molecule is COc1c[nH]c(CN2CCC[C@H](CCc3ccc(F)cc3F)C2)cc1=O. The maximum atomic E-state index is 13.8. The van der Waals surface area contributed by atoms with Crippen LogP contribution in [0, 0.1) is 17.6 Å². The monoisotopic (exact) mass is 362 g/mol. The van der Waals surface area contributed by atoms with Gasteiger partial charge in [-0.15, -0.1) is 0 Å². The predicted octanol–water partition coefficient (Wildman–Crippen LogP) is 3.51. The first-order valence-corrected chi connectivity index (χ1v) is 8.97. The molecule has 2 heterocycles. The average Bonchev–Trinajstić information content (AvgIpc) is 2.61. The quantitative estimate of drug-likeness (QED) is 0.855. The number of hydrogen-bond acceptors (Lipinski definition) is 3. The number of methoxy groups -OCH3 is 1. The lowest BCUT2D eigenvalue weighted by atomic mass is 9.91. The lowest BCUT2D eigenvalue weighted by Gasteiger charge is -2.32. The topological polar surface area (TPSA) is 45.3 Å². The molecule has 1 aliphatic heterocycles. The van der Waals surface area contributed by atoms with Crippen LogP contribution >= 0.6 is 0 Å². The maximum absolute atomic E-state index is 13.8. The number of rotatable bonds is 6. The lowest BCUT2D eigenvalue weighted by Crippen LogP contribution is -2.35. The number of nitrogens with zero attached hydrogens (tertiary/aromatic N) is 1. The van der Waals surface area contributed by atoms with E-state index in [0.29, 0.717) is 30.2 Å². The number of halogens is 2. The molecule has 1 fully saturated rings. The van der Waals surface area contributed by atoms with E-state index in [0.717, 1.165) is 44.1 Å². The molecule has 2 aromatic rings. The highest BCUT2D eigenvalue weighted by Crippen LogP contribution is 2.23. The Morgan fingerprint density at radius 2 is 2.15 bits per heavy atom. The molecular weight excluding hydrogens is 338 g/mol. The number of hydrogen-bond donors (Lipinski definition) is 1. The summed E-state index contributed by atoms with van der Waals surface area (Å²) >= 11 is 0. The van der Waals surface area contributed by atoms with Gasteiger partial charge in [0.05, 0.1) is 7.11 Å². The van der Waals surface area contributed by atoms with Crippen LogP contribution in [0.5, 0.6) is 5.75 Å². The molecule has 26 heavy (non-hydrogen) atoms. The van der Waals surface area contributed by atoms with E-state index >= 15 is 0 Å². The van der Waals surface area contributed by atoms with Gasteiger partial charge in [0, 0.05) is 37.1 Å². The summed E-state index contributed by atoms with van der Waals surface area (Å²) in [4.78, 5) is 17.3. The van der Waals surface area contributed by atoms with E-state index in [-0.39, 0.29) is 5.43 Å². The van der Waals surface area contributed by atoms with Gasteiger partial charge in [-0.3, -0.25) is 9.69 Å². The Bertz CT molecular complexity index is 807. The van der Waals surface area contributed by atoms with Crippen LogP contribution in [0.3, 0.4) is 0 Å². The number of benzene rings is 1. The Kier molecular flexibility index (Phi) is 6.04. The average molecular weight is 362 g/mol. The van der Waals surface area contributed by atoms with Gasteiger partial charge in [-0.1, -0.05) is 6.07 Å². The van der Waals surface area contributed by atoms with E-state index in [2.05, 4.69) is 9.88 Å². The number of aromatic amines is 1. The number of H-pyrrole nitrogens is 1. The van der Waals surface area contributed by atoms with Gasteiger partial charge in [0.15, 0.2) is 5.75 Å². The first-order valence-electron chi connectivity index (χ1n) is 8.97. The molecule has 0 spiro atoms. The summed E-state index contributed by atoms with van der Waals surface area (Å²) < 4.78 is 31.8. The number of ether oxygens (including phenoxy) is 1. The molecule has 0 amide bonds. The molecule has 1 aromatic heterocycles. The van der Waals surface area contributed by atoms with Crippen LogP contribution < -0.4 is 10.2 Å². The third-order valence-electron chi connectivity index (χ3n) is 4.99. The summed E-state index contributed by atoms with van der Waals surface area (Å²) in [7, 11) is 1.48. The molecule has 6 heteroatoms. The highest BCUT2D eigenvalue weighted by Gasteiger charge is 2.20. The van der Waals surface area contributed by atoms with Crippen LogP contribution in [-0.2, 0) is 13.0 Å². The summed E-state index contributed by atoms with van der Waals surface area (Å²) in [5, 5.41) is 0. The highest BCUT2D eigenvalue weighted by molar-refractivity contribution is 5.20. The number of likely N-dealkylation sites (tertiary alicyclic amines) is 1. The Labute approximate surface area is 151 Å². The molecule has 0 saturated carbocycles. The fourth-order valence-electron chi connectivity index (χ4n) is 3.61. The number of aromatic nitrogens is 1. The molecular formula is C20H24F2N2O2. The van der Waals surface area contributed by atoms with Crippen LogP contribution in [0.4, 0.5) is 8.78 Å². The molecule has 1 atom stereocenters. The zero-order valence-electron chi connectivity index (χ0n) is 14.9. The van der Waals surface area contributed by atoms with Gasteiger partial charge < -0.3 is 9.72 Å². The fraction of sp³-hybridized carbons (Fsp3) is 0.450. The van der Waals surface area contributed by atoms with E-state index in [1.165, 1.54) is 19.2 Å². The Hall–Kier alpha value is -2.21. The van der Waals surface area contributed by atoms with E-state index < -0.39 is 11.6 Å². The van der Waals surface area contributed by atoms with E-state index in [9.17, 15) is 13.6 Å². The molecule has 1 aromatic carbocycles. The number of piperidine rings is 1. The minimum atomic E-state index is -0.538. The van der Waals surface area contributed by atoms with Crippen molar-refractivity contribution in [1.29, 1.82) is 0 Å². The molecule has 0 unspecified atom stereocenters. The Morgan fingerprint density at radius 3 is 2.88 bits per heavy atom. The molecule has 1 aliphatic rings. The van der Waals surface area contributed by atoms with Gasteiger partial charge in [-0.05, 0) is 49.8 Å². The molecule has 1 saturated heterocycles. The lowest BCUT2D eigenvalue weighted by molar-refractivity contribution is 0.160. The van der Waals surface area contributed by atoms with Crippen molar-refractivity contribution in [2.75, 3.05) is 20.2 Å². The maximum Gasteiger partial charge on any atom is 0.223 e. The molecule has 0 aliphatic carbocycles. The summed E-state index contributed by atoms with van der Waals surface area (Å²) in [6.07, 6.45) is 5.27. The van der Waals surface area contributed by atoms with Crippen molar-refractivity contribution in [1.82, 2.24) is 9.88 Å². The number of nitrogens with one attached hydrogen (secondary N) is 1. The second-order valence-electron chi connectivity index (χ2n) is 6.91. The standard InChI is InChI=1S/C20H24F2N2O2/c1-26-20-11-23-17(10-19(20)25)13-24-8-2-3-14(12-24)4-5-15-6-7-16(21)9-18(15)22/h6-7,9-11,14H,2-5,8,12-13H2,1H3,(H,23,25)/t14-/m1/s1. The fourth-order valence-corrected chi connectivity index (χ4v) is 3.61. The van der Waals surface area contributed by atoms with Crippen LogP contribution in [0.1, 0.15) is 30.5 Å². The first kappa shape index (κ1) is 18.6. The second-order valence-corrected chi connectivity index (χ2v) is 6.91. The van der Waals surface area contributed by atoms with Gasteiger partial charge in [0.25, 0.3) is 0 Å². The third-order valence-corrected chi connectivity index (χ3v) is 4.99. The Morgan fingerprint density at radius 1 is 1.31 bits per heavy atom. The van der Waals surface area contributed by atoms with Gasteiger partial charge in [0.1, 0.15) is 11.6 Å². The summed E-state index contributed by atoms with van der Waals surface area (Å²) in [6.45, 7) is 2.58. The summed E-state index contributed by atoms with van der Waals surface area (Å²) in [5.41, 5.74) is 1.31. The van der Waals surface area contributed by atoms with Crippen LogP contribution in [-0.4, -0.2) is 30.1 Å². The molecule has 0 bridgehead atoms. The second kappa shape index (κ2) is 8.45. The van der Waals surface area contributed by atoms with Crippen molar-refractivity contribution in [2.45, 2.75) is 32.2 Å². The molecule has 140 valence electrons. The minimum Gasteiger partial charge on any atom is -0.491 e. The van der Waals surface area contributed by atoms with Crippen molar-refractivity contribution in [3.05, 3.63) is 63.6 Å². The van der Waals surface area contributed by atoms with Crippen LogP contribution in [0.25, 0.3) is 0 Å². The van der Waals surface area contributed by atoms with E-state index in [4.69, 9.17) is 4.74 Å². The van der Waals surface area contributed by atoms with Crippen molar-refractivity contribution in [2.24, 2.45) is 5.92 Å². The van der Waals surface area contributed by atoms with Gasteiger partial charge in [-0.25, -0.2) is 8.78 Å². The van der Waals surface area contributed by atoms with Crippen molar-refractivity contribution in [3.63, 3.8) is 0 Å². The zero-order chi connectivity index (χ0) is 18.5. The normalized spacial score (nSPS) is 18.0. The predicted molar refractivity (Wildman–Crippen MR) is 96.3 cm³/mol. The first-order chi connectivity index (χ1) is 12.5. The third kappa shape index (κ3) is 4.69. The van der Waals surface area contributed by atoms with Crippen molar-refractivity contribution in [3.8, 4) is 5.75 Å². The largest absolute Gasteiger partial charge is 0.491 e. The molecule has 0 radical (unpaired) electrons. The number of aryl methyl sites for hydroxylation is 1. The van der Waals surface area contributed by atoms with Crippen molar-refractivity contribution < 1.29 is 13.5 Å². The summed E-state index contributed by atoms with van der Waals surface area (Å²) in [5.74, 6) is -0.221. The van der Waals surface area contributed by atoms with Gasteiger partial charge >= 0.3 is 0 Å². The summed E-state index contributed by atoms with van der Waals surface area (Å²) in [6, 6.07) is 5.37. The highest BCUT2D eigenvalue weighted by atomic mass is 19.1. The molecule has 1 N–H and O–H groups in total. The van der Waals surface area contributed by atoms with Gasteiger partial charge in [0.2, 0.25) is 5.43 Å². The van der Waals surface area contributed by atoms with E-state index in [1.54, 1.807) is 12.3 Å². The van der Waals surface area contributed by atoms with Crippen molar-refractivity contribution >= 4 is 0 Å². The van der Waals surface area contributed by atoms with Crippen LogP contribution in [0.15, 0.2) is 35.3 Å². The van der Waals surface area contributed by atoms with Gasteiger partial charge in [-0.2, -0.15) is 0 Å². The van der Waals surface area contributed by atoms with E-state index in [1.807, 2.05) is 0 Å². The Balaban J connectivity index is 1.55. The van der Waals surface area contributed by atoms with Crippen LogP contribution in [0.2, 0.25) is 0 Å². The molecule has 4 nitrogen and oxygen atoms in total. The molecule has 3 rings (SSSR count).